The summed E-state index contributed by atoms with van der Waals surface area (Å²) in [6, 6.07) is 7.33. The number of anilines is 1. The molecule has 0 aliphatic carbocycles. The van der Waals surface area contributed by atoms with Gasteiger partial charge in [0.05, 0.1) is 0 Å². The number of nitrogens with one attached hydrogen (secondary N) is 2. The molecule has 3 rings (SSSR count). The molecule has 0 unspecified atom stereocenters. The molecular formula is C18H22N4O2. The second-order valence-electron chi connectivity index (χ2n) is 6.75. The lowest BCUT2D eigenvalue weighted by Gasteiger charge is -2.32. The van der Waals surface area contributed by atoms with Crippen molar-refractivity contribution >= 4 is 17.5 Å². The van der Waals surface area contributed by atoms with Gasteiger partial charge in [0.25, 0.3) is 5.91 Å². The molecule has 0 spiro atoms. The molecular weight excluding hydrogens is 304 g/mol. The quantitative estimate of drug-likeness (QED) is 0.828. The van der Waals surface area contributed by atoms with Crippen molar-refractivity contribution in [2.45, 2.75) is 38.6 Å². The number of hydrogen-bond donors (Lipinski definition) is 2. The Morgan fingerprint density at radius 1 is 1.42 bits per heavy atom. The molecule has 2 aromatic rings. The van der Waals surface area contributed by atoms with Gasteiger partial charge >= 0.3 is 0 Å². The van der Waals surface area contributed by atoms with E-state index < -0.39 is 0 Å². The van der Waals surface area contributed by atoms with Crippen LogP contribution in [-0.2, 0) is 16.8 Å². The van der Waals surface area contributed by atoms with E-state index in [0.29, 0.717) is 18.5 Å². The Kier molecular flexibility index (Phi) is 4.38. The van der Waals surface area contributed by atoms with Gasteiger partial charge in [0.1, 0.15) is 0 Å². The van der Waals surface area contributed by atoms with Crippen LogP contribution in [0.15, 0.2) is 36.7 Å². The number of aromatic nitrogens is 2. The first kappa shape index (κ1) is 16.2. The summed E-state index contributed by atoms with van der Waals surface area (Å²) in [4.78, 5) is 24.1. The molecule has 0 atom stereocenters. The van der Waals surface area contributed by atoms with Crippen molar-refractivity contribution in [1.29, 1.82) is 0 Å². The topological polar surface area (TPSA) is 76.0 Å². The van der Waals surface area contributed by atoms with Crippen molar-refractivity contribution in [2.75, 3.05) is 11.9 Å². The van der Waals surface area contributed by atoms with Gasteiger partial charge in [0.2, 0.25) is 5.91 Å². The van der Waals surface area contributed by atoms with Crippen LogP contribution in [0.25, 0.3) is 0 Å². The minimum Gasteiger partial charge on any atom is -0.352 e. The van der Waals surface area contributed by atoms with Crippen LogP contribution in [0, 0.1) is 0 Å². The fraction of sp³-hybridized carbons (Fsp3) is 0.389. The molecule has 0 saturated heterocycles. The molecule has 1 aliphatic heterocycles. The van der Waals surface area contributed by atoms with E-state index in [-0.39, 0.29) is 17.2 Å². The monoisotopic (exact) mass is 326 g/mol. The molecule has 1 aliphatic rings. The SMILES string of the molecule is CC1(C)CC(=O)Nc2ccc(C(=O)NCCCn3cccn3)cc21. The molecule has 2 amide bonds. The van der Waals surface area contributed by atoms with Crippen molar-refractivity contribution in [3.05, 3.63) is 47.8 Å². The standard InChI is InChI=1S/C18H22N4O2/c1-18(2)12-16(23)21-15-6-5-13(11-14(15)18)17(24)19-7-3-9-22-10-4-8-20-22/h4-6,8,10-11H,3,7,9,12H2,1-2H3,(H,19,24)(H,21,23). The summed E-state index contributed by atoms with van der Waals surface area (Å²) in [7, 11) is 0. The molecule has 0 saturated carbocycles. The van der Waals surface area contributed by atoms with E-state index in [2.05, 4.69) is 15.7 Å². The molecule has 6 nitrogen and oxygen atoms in total. The van der Waals surface area contributed by atoms with Crippen LogP contribution in [0.1, 0.15) is 42.6 Å². The molecule has 2 heterocycles. The number of hydrogen-bond acceptors (Lipinski definition) is 3. The van der Waals surface area contributed by atoms with Crippen LogP contribution in [0.5, 0.6) is 0 Å². The van der Waals surface area contributed by atoms with Crippen LogP contribution >= 0.6 is 0 Å². The van der Waals surface area contributed by atoms with E-state index in [4.69, 9.17) is 0 Å². The van der Waals surface area contributed by atoms with Crippen molar-refractivity contribution in [3.63, 3.8) is 0 Å². The molecule has 1 aromatic carbocycles. The normalized spacial score (nSPS) is 15.5. The van der Waals surface area contributed by atoms with Gasteiger partial charge in [-0.2, -0.15) is 5.10 Å². The highest BCUT2D eigenvalue weighted by molar-refractivity contribution is 5.98. The van der Waals surface area contributed by atoms with Gasteiger partial charge in [-0.15, -0.1) is 0 Å². The Bertz CT molecular complexity index is 750. The highest BCUT2D eigenvalue weighted by atomic mass is 16.2. The van der Waals surface area contributed by atoms with Gasteiger partial charge in [-0.1, -0.05) is 13.8 Å². The maximum Gasteiger partial charge on any atom is 0.251 e. The first-order chi connectivity index (χ1) is 11.5. The molecule has 0 bridgehead atoms. The fourth-order valence-corrected chi connectivity index (χ4v) is 3.02. The molecule has 2 N–H and O–H groups in total. The fourth-order valence-electron chi connectivity index (χ4n) is 3.02. The maximum atomic E-state index is 12.3. The van der Waals surface area contributed by atoms with Crippen molar-refractivity contribution in [3.8, 4) is 0 Å². The highest BCUT2D eigenvalue weighted by Crippen LogP contribution is 2.37. The second-order valence-corrected chi connectivity index (χ2v) is 6.75. The number of nitrogens with zero attached hydrogens (tertiary/aromatic N) is 2. The van der Waals surface area contributed by atoms with Crippen LogP contribution in [0.4, 0.5) is 5.69 Å². The van der Waals surface area contributed by atoms with E-state index in [1.165, 1.54) is 0 Å². The van der Waals surface area contributed by atoms with Crippen LogP contribution in [0.3, 0.4) is 0 Å². The minimum atomic E-state index is -0.270. The summed E-state index contributed by atoms with van der Waals surface area (Å²) in [5, 5.41) is 9.94. The zero-order valence-corrected chi connectivity index (χ0v) is 14.0. The predicted molar refractivity (Wildman–Crippen MR) is 91.9 cm³/mol. The summed E-state index contributed by atoms with van der Waals surface area (Å²) in [5.41, 5.74) is 2.16. The number of benzene rings is 1. The summed E-state index contributed by atoms with van der Waals surface area (Å²) in [6.07, 6.45) is 4.89. The summed E-state index contributed by atoms with van der Waals surface area (Å²) < 4.78 is 1.84. The first-order valence-electron chi connectivity index (χ1n) is 8.16. The molecule has 1 aromatic heterocycles. The third-order valence-electron chi connectivity index (χ3n) is 4.30. The summed E-state index contributed by atoms with van der Waals surface area (Å²) >= 11 is 0. The van der Waals surface area contributed by atoms with Crippen LogP contribution in [0.2, 0.25) is 0 Å². The smallest absolute Gasteiger partial charge is 0.251 e. The predicted octanol–water partition coefficient (Wildman–Crippen LogP) is 2.32. The zero-order valence-electron chi connectivity index (χ0n) is 14.0. The Morgan fingerprint density at radius 3 is 3.00 bits per heavy atom. The molecule has 0 radical (unpaired) electrons. The van der Waals surface area contributed by atoms with Gasteiger partial charge in [0, 0.05) is 48.6 Å². The van der Waals surface area contributed by atoms with E-state index in [1.807, 2.05) is 42.9 Å². The number of carbonyl (C=O) groups excluding carboxylic acids is 2. The third kappa shape index (κ3) is 3.48. The van der Waals surface area contributed by atoms with Gasteiger partial charge in [-0.05, 0) is 36.2 Å². The lowest BCUT2D eigenvalue weighted by atomic mass is 9.77. The molecule has 126 valence electrons. The van der Waals surface area contributed by atoms with Crippen molar-refractivity contribution in [1.82, 2.24) is 15.1 Å². The minimum absolute atomic E-state index is 0.0170. The third-order valence-corrected chi connectivity index (χ3v) is 4.30. The average molecular weight is 326 g/mol. The van der Waals surface area contributed by atoms with E-state index >= 15 is 0 Å². The van der Waals surface area contributed by atoms with Gasteiger partial charge in [-0.3, -0.25) is 14.3 Å². The molecule has 24 heavy (non-hydrogen) atoms. The van der Waals surface area contributed by atoms with E-state index in [0.717, 1.165) is 24.2 Å². The molecule has 6 heteroatoms. The number of aryl methyl sites for hydroxylation is 1. The molecule has 0 fully saturated rings. The number of fused-ring (bicyclic) bond motifs is 1. The highest BCUT2D eigenvalue weighted by Gasteiger charge is 2.32. The average Bonchev–Trinajstić information content (AvgIpc) is 3.03. The number of carbonyl (C=O) groups is 2. The lowest BCUT2D eigenvalue weighted by Crippen LogP contribution is -2.33. The lowest BCUT2D eigenvalue weighted by molar-refractivity contribution is -0.117. The Morgan fingerprint density at radius 2 is 2.25 bits per heavy atom. The van der Waals surface area contributed by atoms with Gasteiger partial charge in [0.15, 0.2) is 0 Å². The van der Waals surface area contributed by atoms with Crippen LogP contribution in [-0.4, -0.2) is 28.1 Å². The largest absolute Gasteiger partial charge is 0.352 e. The maximum absolute atomic E-state index is 12.3. The van der Waals surface area contributed by atoms with Gasteiger partial charge in [-0.25, -0.2) is 0 Å². The Hall–Kier alpha value is -2.63. The number of rotatable bonds is 5. The summed E-state index contributed by atoms with van der Waals surface area (Å²) in [6.45, 7) is 5.42. The summed E-state index contributed by atoms with van der Waals surface area (Å²) in [5.74, 6) is -0.0747. The Balaban J connectivity index is 1.62. The van der Waals surface area contributed by atoms with E-state index in [9.17, 15) is 9.59 Å². The van der Waals surface area contributed by atoms with Crippen molar-refractivity contribution in [2.24, 2.45) is 0 Å². The number of amides is 2. The van der Waals surface area contributed by atoms with Crippen molar-refractivity contribution < 1.29 is 9.59 Å². The van der Waals surface area contributed by atoms with E-state index in [1.54, 1.807) is 12.3 Å². The zero-order chi connectivity index (χ0) is 17.2. The first-order valence-corrected chi connectivity index (χ1v) is 8.16. The Labute approximate surface area is 141 Å². The van der Waals surface area contributed by atoms with Crippen LogP contribution < -0.4 is 10.6 Å². The second kappa shape index (κ2) is 6.47. The van der Waals surface area contributed by atoms with Gasteiger partial charge < -0.3 is 10.6 Å².